The number of anilines is 1. The van der Waals surface area contributed by atoms with Crippen molar-refractivity contribution in [1.29, 1.82) is 0 Å². The molecule has 1 N–H and O–H groups in total. The van der Waals surface area contributed by atoms with Gasteiger partial charge in [-0.1, -0.05) is 36.4 Å². The molecule has 2 rings (SSSR count). The van der Waals surface area contributed by atoms with Gasteiger partial charge < -0.3 is 14.8 Å². The van der Waals surface area contributed by atoms with Gasteiger partial charge in [0.2, 0.25) is 5.91 Å². The fourth-order valence-electron chi connectivity index (χ4n) is 2.23. The molecule has 0 heterocycles. The molecule has 0 aliphatic heterocycles. The zero-order chi connectivity index (χ0) is 17.2. The highest BCUT2D eigenvalue weighted by atomic mass is 16.5. The van der Waals surface area contributed by atoms with Gasteiger partial charge in [0.05, 0.1) is 13.2 Å². The lowest BCUT2D eigenvalue weighted by Gasteiger charge is -2.10. The van der Waals surface area contributed by atoms with Crippen LogP contribution >= 0.6 is 0 Å². The van der Waals surface area contributed by atoms with Gasteiger partial charge in [-0.2, -0.15) is 0 Å². The number of hydrogen-bond donors (Lipinski definition) is 1. The Morgan fingerprint density at radius 2 is 1.79 bits per heavy atom. The Balaban J connectivity index is 2.06. The van der Waals surface area contributed by atoms with Gasteiger partial charge in [-0.05, 0) is 32.1 Å². The maximum Gasteiger partial charge on any atom is 0.248 e. The van der Waals surface area contributed by atoms with Crippen LogP contribution in [0.25, 0.3) is 6.08 Å². The van der Waals surface area contributed by atoms with E-state index in [0.717, 1.165) is 22.6 Å². The summed E-state index contributed by atoms with van der Waals surface area (Å²) in [6.07, 6.45) is 3.26. The molecule has 0 aromatic heterocycles. The van der Waals surface area contributed by atoms with Crippen LogP contribution in [0.15, 0.2) is 54.6 Å². The number of hydrogen-bond acceptors (Lipinski definition) is 3. The number of carbonyl (C=O) groups excluding carboxylic acids is 1. The van der Waals surface area contributed by atoms with Crippen molar-refractivity contribution in [2.24, 2.45) is 0 Å². The molecule has 0 saturated carbocycles. The number of ether oxygens (including phenoxy) is 2. The molecule has 0 aliphatic rings. The van der Waals surface area contributed by atoms with Crippen molar-refractivity contribution in [1.82, 2.24) is 0 Å². The van der Waals surface area contributed by atoms with E-state index in [2.05, 4.69) is 5.32 Å². The average Bonchev–Trinajstić information content (AvgIpc) is 2.60. The van der Waals surface area contributed by atoms with Crippen LogP contribution in [0, 0.1) is 0 Å². The van der Waals surface area contributed by atoms with E-state index in [1.54, 1.807) is 6.08 Å². The zero-order valence-corrected chi connectivity index (χ0v) is 14.1. The van der Waals surface area contributed by atoms with Crippen molar-refractivity contribution < 1.29 is 14.3 Å². The zero-order valence-electron chi connectivity index (χ0n) is 14.1. The summed E-state index contributed by atoms with van der Waals surface area (Å²) in [6.45, 7) is 5.57. The van der Waals surface area contributed by atoms with Crippen LogP contribution in [0.3, 0.4) is 0 Å². The van der Waals surface area contributed by atoms with Crippen LogP contribution in [-0.2, 0) is 16.1 Å². The molecule has 2 aromatic carbocycles. The minimum atomic E-state index is -0.190. The molecule has 1 amide bonds. The molecule has 0 bridgehead atoms. The number of amides is 1. The molecule has 2 aromatic rings. The molecule has 4 nitrogen and oxygen atoms in total. The van der Waals surface area contributed by atoms with Crippen molar-refractivity contribution in [2.45, 2.75) is 20.5 Å². The van der Waals surface area contributed by atoms with Gasteiger partial charge in [0.15, 0.2) is 0 Å². The summed E-state index contributed by atoms with van der Waals surface area (Å²) in [5, 5.41) is 2.89. The van der Waals surface area contributed by atoms with Crippen molar-refractivity contribution in [3.8, 4) is 5.75 Å². The highest BCUT2D eigenvalue weighted by molar-refractivity contribution is 6.02. The van der Waals surface area contributed by atoms with Gasteiger partial charge in [0, 0.05) is 29.5 Å². The lowest BCUT2D eigenvalue weighted by molar-refractivity contribution is -0.111. The minimum absolute atomic E-state index is 0.190. The van der Waals surface area contributed by atoms with Crippen molar-refractivity contribution in [2.75, 3.05) is 18.5 Å². The standard InChI is InChI=1S/C20H23NO3/c1-3-23-15-17-10-5-7-11-18(17)21-20(22)14-13-16-9-6-8-12-19(16)24-4-2/h5-14H,3-4,15H2,1-2H3,(H,21,22)/b14-13+. The molecule has 0 atom stereocenters. The second kappa shape index (κ2) is 9.53. The van der Waals surface area contributed by atoms with E-state index in [0.29, 0.717) is 19.8 Å². The molecular weight excluding hydrogens is 302 g/mol. The first kappa shape index (κ1) is 17.8. The van der Waals surface area contributed by atoms with Gasteiger partial charge in [0.25, 0.3) is 0 Å². The SMILES string of the molecule is CCOCc1ccccc1NC(=O)/C=C/c1ccccc1OCC. The Labute approximate surface area is 143 Å². The summed E-state index contributed by atoms with van der Waals surface area (Å²) in [4.78, 5) is 12.2. The lowest BCUT2D eigenvalue weighted by Crippen LogP contribution is -2.10. The molecule has 0 spiro atoms. The molecule has 24 heavy (non-hydrogen) atoms. The number of nitrogens with one attached hydrogen (secondary N) is 1. The van der Waals surface area contributed by atoms with E-state index in [9.17, 15) is 4.79 Å². The van der Waals surface area contributed by atoms with Crippen LogP contribution in [0.5, 0.6) is 5.75 Å². The number of carbonyl (C=O) groups is 1. The van der Waals surface area contributed by atoms with Crippen molar-refractivity contribution >= 4 is 17.7 Å². The molecule has 0 radical (unpaired) electrons. The molecule has 4 heteroatoms. The second-order valence-corrected chi connectivity index (χ2v) is 5.09. The minimum Gasteiger partial charge on any atom is -0.493 e. The fourth-order valence-corrected chi connectivity index (χ4v) is 2.23. The first-order valence-corrected chi connectivity index (χ1v) is 8.11. The monoisotopic (exact) mass is 325 g/mol. The summed E-state index contributed by atoms with van der Waals surface area (Å²) >= 11 is 0. The van der Waals surface area contributed by atoms with Crippen LogP contribution in [-0.4, -0.2) is 19.1 Å². The summed E-state index contributed by atoms with van der Waals surface area (Å²) in [5.41, 5.74) is 2.59. The predicted molar refractivity (Wildman–Crippen MR) is 97.0 cm³/mol. The van der Waals surface area contributed by atoms with Gasteiger partial charge in [-0.15, -0.1) is 0 Å². The van der Waals surface area contributed by atoms with Crippen LogP contribution in [0.2, 0.25) is 0 Å². The summed E-state index contributed by atoms with van der Waals surface area (Å²) in [5.74, 6) is 0.575. The molecule has 0 aliphatic carbocycles. The second-order valence-electron chi connectivity index (χ2n) is 5.09. The predicted octanol–water partition coefficient (Wildman–Crippen LogP) is 4.27. The van der Waals surface area contributed by atoms with Gasteiger partial charge in [-0.3, -0.25) is 4.79 Å². The van der Waals surface area contributed by atoms with Crippen molar-refractivity contribution in [3.05, 3.63) is 65.7 Å². The van der Waals surface area contributed by atoms with E-state index in [-0.39, 0.29) is 5.91 Å². The van der Waals surface area contributed by atoms with Gasteiger partial charge in [-0.25, -0.2) is 0 Å². The van der Waals surface area contributed by atoms with Crippen LogP contribution < -0.4 is 10.1 Å². The lowest BCUT2D eigenvalue weighted by atomic mass is 10.1. The topological polar surface area (TPSA) is 47.6 Å². The molecule has 0 unspecified atom stereocenters. The third-order valence-electron chi connectivity index (χ3n) is 3.37. The largest absolute Gasteiger partial charge is 0.493 e. The highest BCUT2D eigenvalue weighted by Crippen LogP contribution is 2.20. The summed E-state index contributed by atoms with van der Waals surface area (Å²) < 4.78 is 11.0. The third-order valence-corrected chi connectivity index (χ3v) is 3.37. The fraction of sp³-hybridized carbons (Fsp3) is 0.250. The van der Waals surface area contributed by atoms with E-state index < -0.39 is 0 Å². The van der Waals surface area contributed by atoms with E-state index >= 15 is 0 Å². The number of rotatable bonds is 8. The smallest absolute Gasteiger partial charge is 0.248 e. The first-order chi connectivity index (χ1) is 11.7. The Morgan fingerprint density at radius 3 is 2.58 bits per heavy atom. The summed E-state index contributed by atoms with van der Waals surface area (Å²) in [6, 6.07) is 15.3. The Bertz CT molecular complexity index is 695. The quantitative estimate of drug-likeness (QED) is 0.737. The van der Waals surface area contributed by atoms with Gasteiger partial charge >= 0.3 is 0 Å². The Kier molecular flexibility index (Phi) is 7.05. The van der Waals surface area contributed by atoms with E-state index in [4.69, 9.17) is 9.47 Å². The molecule has 126 valence electrons. The third kappa shape index (κ3) is 5.25. The van der Waals surface area contributed by atoms with E-state index in [1.165, 1.54) is 6.08 Å². The maximum atomic E-state index is 12.2. The highest BCUT2D eigenvalue weighted by Gasteiger charge is 2.05. The Hall–Kier alpha value is -2.59. The average molecular weight is 325 g/mol. The Morgan fingerprint density at radius 1 is 1.04 bits per heavy atom. The number of benzene rings is 2. The van der Waals surface area contributed by atoms with Gasteiger partial charge in [0.1, 0.15) is 5.75 Å². The molecule has 0 fully saturated rings. The number of para-hydroxylation sites is 2. The van der Waals surface area contributed by atoms with Crippen LogP contribution in [0.4, 0.5) is 5.69 Å². The van der Waals surface area contributed by atoms with Crippen LogP contribution in [0.1, 0.15) is 25.0 Å². The van der Waals surface area contributed by atoms with Crippen molar-refractivity contribution in [3.63, 3.8) is 0 Å². The first-order valence-electron chi connectivity index (χ1n) is 8.11. The normalized spacial score (nSPS) is 10.8. The molecule has 0 saturated heterocycles. The summed E-state index contributed by atoms with van der Waals surface area (Å²) in [7, 11) is 0. The maximum absolute atomic E-state index is 12.2. The molecular formula is C20H23NO3. The van der Waals surface area contributed by atoms with E-state index in [1.807, 2.05) is 62.4 Å².